The third kappa shape index (κ3) is 35.3. The van der Waals surface area contributed by atoms with E-state index in [0.29, 0.717) is 0 Å². The average Bonchev–Trinajstić information content (AvgIpc) is 0.736. The van der Waals surface area contributed by atoms with Crippen molar-refractivity contribution in [2.24, 2.45) is 0 Å². The van der Waals surface area contributed by atoms with Gasteiger partial charge >= 0.3 is 0 Å². The number of ether oxygens (including phenoxy) is 6. The van der Waals surface area contributed by atoms with E-state index < -0.39 is 0 Å². The Morgan fingerprint density at radius 2 is 0.208 bits per heavy atom. The number of rotatable bonds is 72. The van der Waals surface area contributed by atoms with Crippen molar-refractivity contribution in [2.45, 2.75) is 465 Å². The molecule has 7 aromatic carbocycles. The van der Waals surface area contributed by atoms with Crippen molar-refractivity contribution in [3.05, 3.63) is 106 Å². The molecule has 0 aliphatic rings. The summed E-state index contributed by atoms with van der Waals surface area (Å²) >= 11 is 0. The predicted octanol–water partition coefficient (Wildman–Crippen LogP) is 37.1. The fraction of sp³-hybridized carbons (Fsp3) is 0.684. The molecule has 0 fully saturated rings. The summed E-state index contributed by atoms with van der Waals surface area (Å²) in [5, 5.41) is 12.8. The fourth-order valence-electron chi connectivity index (χ4n) is 19.6. The summed E-state index contributed by atoms with van der Waals surface area (Å²) in [5.41, 5.74) is 7.91. The molecule has 120 heavy (non-hydrogen) atoms. The minimum atomic E-state index is 0.850. The van der Waals surface area contributed by atoms with E-state index in [9.17, 15) is 0 Å². The maximum absolute atomic E-state index is 7.20. The number of hydrogen-bond acceptors (Lipinski definition) is 6. The Balaban J connectivity index is 1.65. The van der Waals surface area contributed by atoms with Crippen molar-refractivity contribution < 1.29 is 28.4 Å². The maximum Gasteiger partial charge on any atom is 0.134 e. The number of unbranched alkanes of at least 4 members (excludes halogenated alkanes) is 54. The predicted molar refractivity (Wildman–Crippen MR) is 531 cm³/mol. The lowest BCUT2D eigenvalue weighted by Crippen LogP contribution is -1.98. The van der Waals surface area contributed by atoms with Crippen LogP contribution in [0.4, 0.5) is 0 Å². The summed E-state index contributed by atoms with van der Waals surface area (Å²) in [4.78, 5) is 0. The molecule has 0 aromatic heterocycles. The first-order valence-electron chi connectivity index (χ1n) is 51.5. The molecule has 0 heterocycles. The molecular weight excluding hydrogens is 1470 g/mol. The van der Waals surface area contributed by atoms with Gasteiger partial charge in [-0.25, -0.2) is 0 Å². The molecule has 6 heteroatoms. The lowest BCUT2D eigenvalue weighted by atomic mass is 9.91. The monoisotopic (exact) mass is 1650 g/mol. The van der Waals surface area contributed by atoms with Gasteiger partial charge in [-0.3, -0.25) is 0 Å². The number of hydrogen-bond donors (Lipinski definition) is 0. The van der Waals surface area contributed by atoms with Gasteiger partial charge in [-0.05, 0) is 183 Å². The fourth-order valence-corrected chi connectivity index (χ4v) is 19.6. The Morgan fingerprint density at radius 3 is 0.292 bits per heavy atom. The quantitative estimate of drug-likeness (QED) is 0.0354. The van der Waals surface area contributed by atoms with Crippen LogP contribution < -0.4 is 28.4 Å². The largest absolute Gasteiger partial charge is 0.495 e. The van der Waals surface area contributed by atoms with Crippen LogP contribution in [0.1, 0.15) is 460 Å². The zero-order valence-electron chi connectivity index (χ0n) is 80.0. The minimum Gasteiger partial charge on any atom is -0.495 e. The Bertz CT molecular complexity index is 3200. The average molecular weight is 1650 g/mol. The minimum absolute atomic E-state index is 0.850. The highest BCUT2D eigenvalue weighted by molar-refractivity contribution is 6.15. The Hall–Kier alpha value is -5.88. The van der Waals surface area contributed by atoms with E-state index in [1.807, 2.05) is 42.7 Å². The van der Waals surface area contributed by atoms with E-state index in [0.717, 1.165) is 176 Å². The van der Waals surface area contributed by atoms with Crippen molar-refractivity contribution in [3.8, 4) is 34.5 Å². The third-order valence-electron chi connectivity index (χ3n) is 26.8. The van der Waals surface area contributed by atoms with Crippen LogP contribution in [-0.2, 0) is 38.5 Å². The van der Waals surface area contributed by atoms with Gasteiger partial charge in [0.25, 0.3) is 0 Å². The molecule has 7 rings (SSSR count). The first-order chi connectivity index (χ1) is 59.2. The second kappa shape index (κ2) is 63.1. The van der Waals surface area contributed by atoms with Gasteiger partial charge in [0.05, 0.1) is 42.7 Å². The zero-order chi connectivity index (χ0) is 85.3. The van der Waals surface area contributed by atoms with E-state index >= 15 is 0 Å². The normalized spacial score (nSPS) is 11.7. The van der Waals surface area contributed by atoms with Crippen LogP contribution in [-0.4, -0.2) is 42.7 Å². The summed E-state index contributed by atoms with van der Waals surface area (Å²) in [7, 11) is 11.5. The van der Waals surface area contributed by atoms with Gasteiger partial charge in [0.2, 0.25) is 0 Å². The molecule has 0 N–H and O–H groups in total. The molecular formula is C114H180O6. The molecule has 0 saturated heterocycles. The molecule has 0 aliphatic heterocycles. The van der Waals surface area contributed by atoms with Crippen molar-refractivity contribution in [2.75, 3.05) is 42.7 Å². The first-order valence-corrected chi connectivity index (χ1v) is 51.5. The number of benzene rings is 6. The zero-order valence-corrected chi connectivity index (χ0v) is 80.0. The molecule has 0 atom stereocenters. The van der Waals surface area contributed by atoms with Crippen LogP contribution in [0.5, 0.6) is 34.5 Å². The third-order valence-corrected chi connectivity index (χ3v) is 26.8. The Morgan fingerprint density at radius 1 is 0.125 bits per heavy atom. The highest BCUT2D eigenvalue weighted by Crippen LogP contribution is 2.49. The summed E-state index contributed by atoms with van der Waals surface area (Å²) in [6, 6.07) is 30.1. The van der Waals surface area contributed by atoms with Gasteiger partial charge in [0.1, 0.15) is 34.5 Å². The van der Waals surface area contributed by atoms with Gasteiger partial charge in [-0.1, -0.05) is 388 Å². The lowest BCUT2D eigenvalue weighted by Gasteiger charge is -2.19. The number of fused-ring (bicyclic) bond motifs is 18. The standard InChI is InChI=1S/C114H180O6/c1-13-19-25-31-37-43-49-55-61-67-73-91-79-97-99-81-92(74-68-62-56-50-44-38-32-26-20-14-2)83-101(110(99)116-8)103-85-94(76-70-64-58-52-46-40-34-28-22-16-4)87-105(112(103)118-10)107-89-96(78-72-66-60-54-48-42-36-30-24-18-6)90-108(114(107)120-12)106-88-95(77-71-65-59-53-47-41-35-29-23-17-5)86-104(113(106)119-11)102-84-93(75-69-63-57-51-45-39-33-27-21-15-3)82-100(111(102)117-9)98(80-91)109(97)115-7/h79-90H,13-78H2,1-12H3. The van der Waals surface area contributed by atoms with Gasteiger partial charge < -0.3 is 28.4 Å². The van der Waals surface area contributed by atoms with Gasteiger partial charge in [-0.2, -0.15) is 0 Å². The Kier molecular flexibility index (Phi) is 53.2. The second-order valence-electron chi connectivity index (χ2n) is 36.9. The molecule has 672 valence electrons. The molecule has 7 aromatic rings. The van der Waals surface area contributed by atoms with Crippen LogP contribution in [0.15, 0.2) is 72.8 Å². The molecule has 0 saturated carbocycles. The highest BCUT2D eigenvalue weighted by atomic mass is 16.5. The molecule has 0 amide bonds. The van der Waals surface area contributed by atoms with Crippen LogP contribution in [0, 0.1) is 0 Å². The van der Waals surface area contributed by atoms with Crippen molar-refractivity contribution in [3.63, 3.8) is 0 Å². The van der Waals surface area contributed by atoms with E-state index in [1.165, 1.54) is 380 Å². The van der Waals surface area contributed by atoms with Crippen LogP contribution in [0.2, 0.25) is 0 Å². The summed E-state index contributed by atoms with van der Waals surface area (Å²) in [6.45, 7) is 14.0. The topological polar surface area (TPSA) is 55.4 Å². The van der Waals surface area contributed by atoms with Crippen LogP contribution in [0.25, 0.3) is 64.6 Å². The van der Waals surface area contributed by atoms with Gasteiger partial charge in [0.15, 0.2) is 0 Å². The first kappa shape index (κ1) is 101. The summed E-state index contributed by atoms with van der Waals surface area (Å²) in [5.74, 6) is 5.10. The van der Waals surface area contributed by atoms with Crippen molar-refractivity contribution in [1.29, 1.82) is 0 Å². The van der Waals surface area contributed by atoms with Gasteiger partial charge in [-0.15, -0.1) is 0 Å². The molecule has 0 aliphatic carbocycles. The van der Waals surface area contributed by atoms with Gasteiger partial charge in [0, 0.05) is 64.6 Å². The van der Waals surface area contributed by atoms with Crippen molar-refractivity contribution >= 4 is 64.6 Å². The SMILES string of the molecule is CCCCCCCCCCCCc1cc2c(OC)c(c1)c1cc(CCCCCCCCCCCC)cc(c1OC)c1cc(CCCCCCCCCCCC)cc(c1OC)c1cc(CCCCCCCCCCCC)cc(c1OC)c1cc(CCCCCCCCCCCC)cc(c1OC)c1cc(CCCCCCCCCCCC)cc2c1OC. The lowest BCUT2D eigenvalue weighted by molar-refractivity contribution is 0.417. The van der Waals surface area contributed by atoms with E-state index in [1.54, 1.807) is 0 Å². The summed E-state index contributed by atoms with van der Waals surface area (Å²) in [6.07, 6.45) is 83.5. The molecule has 6 nitrogen and oxygen atoms in total. The van der Waals surface area contributed by atoms with Crippen molar-refractivity contribution in [1.82, 2.24) is 0 Å². The second-order valence-corrected chi connectivity index (χ2v) is 36.9. The van der Waals surface area contributed by atoms with Crippen LogP contribution in [0.3, 0.4) is 0 Å². The molecule has 0 spiro atoms. The van der Waals surface area contributed by atoms with E-state index in [2.05, 4.69) is 114 Å². The maximum atomic E-state index is 7.20. The van der Waals surface area contributed by atoms with Crippen LogP contribution >= 0.6 is 0 Å². The molecule has 12 bridgehead atoms. The molecule has 0 unspecified atom stereocenters. The smallest absolute Gasteiger partial charge is 0.134 e. The number of aryl methyl sites for hydroxylation is 6. The highest BCUT2D eigenvalue weighted by Gasteiger charge is 2.23. The molecule has 0 radical (unpaired) electrons. The summed E-state index contributed by atoms with van der Waals surface area (Å²) < 4.78 is 43.2. The Labute approximate surface area is 737 Å². The van der Waals surface area contributed by atoms with E-state index in [4.69, 9.17) is 28.4 Å². The number of methoxy groups -OCH3 is 6. The van der Waals surface area contributed by atoms with E-state index in [-0.39, 0.29) is 0 Å².